The highest BCUT2D eigenvalue weighted by Crippen LogP contribution is 2.37. The third kappa shape index (κ3) is 7.62. The summed E-state index contributed by atoms with van der Waals surface area (Å²) < 4.78 is 0. The molecule has 56 heavy (non-hydrogen) atoms. The van der Waals surface area contributed by atoms with Crippen molar-refractivity contribution in [1.82, 2.24) is 29.7 Å². The highest BCUT2D eigenvalue weighted by Gasteiger charge is 2.29. The standard InChI is InChI=1S/C44H46N8O4/c1-27-33(9-7-11-35(27)49-41-39-31(15-17-45-41)21-29(23-47-39)25-51-19-5-3-13-37(51)43(53)54)34-10-8-12-36(28(34)2)50-42-40-32(16-18-46-42)22-30(24-48-40)26-52-20-6-4-14-38(52)44(55)56/h7-12,15-18,21-24,37-38H,3-6,13-14,19-20,25-26H2,1-2H3,(H,45,49)(H,46,50)(H,53,54)(H,55,56). The van der Waals surface area contributed by atoms with E-state index in [9.17, 15) is 19.8 Å². The minimum atomic E-state index is -0.762. The predicted molar refractivity (Wildman–Crippen MR) is 218 cm³/mol. The van der Waals surface area contributed by atoms with Gasteiger partial charge in [0.25, 0.3) is 0 Å². The average molecular weight is 751 g/mol. The number of anilines is 4. The van der Waals surface area contributed by atoms with Crippen molar-refractivity contribution in [3.05, 3.63) is 108 Å². The lowest BCUT2D eigenvalue weighted by Crippen LogP contribution is -2.44. The van der Waals surface area contributed by atoms with Crippen LogP contribution in [-0.2, 0) is 22.7 Å². The Labute approximate surface area is 325 Å². The van der Waals surface area contributed by atoms with Crippen LogP contribution >= 0.6 is 0 Å². The third-order valence-corrected chi connectivity index (χ3v) is 11.3. The molecule has 0 radical (unpaired) electrons. The van der Waals surface area contributed by atoms with E-state index in [1.807, 2.05) is 58.6 Å². The lowest BCUT2D eigenvalue weighted by molar-refractivity contribution is -0.145. The summed E-state index contributed by atoms with van der Waals surface area (Å²) in [4.78, 5) is 46.8. The van der Waals surface area contributed by atoms with E-state index in [1.54, 1.807) is 12.4 Å². The molecule has 2 unspecified atom stereocenters. The molecule has 0 saturated carbocycles. The lowest BCUT2D eigenvalue weighted by atomic mass is 9.94. The molecule has 0 amide bonds. The summed E-state index contributed by atoms with van der Waals surface area (Å²) in [5.74, 6) is -0.222. The number of likely N-dealkylation sites (tertiary alicyclic amines) is 2. The monoisotopic (exact) mass is 750 g/mol. The first-order valence-corrected chi connectivity index (χ1v) is 19.4. The molecule has 12 nitrogen and oxygen atoms in total. The Kier molecular flexibility index (Phi) is 10.6. The summed E-state index contributed by atoms with van der Waals surface area (Å²) in [5.41, 5.74) is 9.55. The van der Waals surface area contributed by atoms with E-state index in [-0.39, 0.29) is 0 Å². The zero-order valence-electron chi connectivity index (χ0n) is 31.7. The number of aromatic nitrogens is 4. The number of rotatable bonds is 11. The van der Waals surface area contributed by atoms with Gasteiger partial charge in [-0.2, -0.15) is 0 Å². The maximum atomic E-state index is 11.9. The van der Waals surface area contributed by atoms with Crippen molar-refractivity contribution < 1.29 is 19.8 Å². The zero-order chi connectivity index (χ0) is 38.8. The Hall–Kier alpha value is -5.98. The molecular formula is C44H46N8O4. The second-order valence-electron chi connectivity index (χ2n) is 15.0. The van der Waals surface area contributed by atoms with Crippen LogP contribution < -0.4 is 10.6 Å². The smallest absolute Gasteiger partial charge is 0.320 e. The van der Waals surface area contributed by atoms with Crippen LogP contribution in [-0.4, -0.2) is 77.1 Å². The summed E-state index contributed by atoms with van der Waals surface area (Å²) in [6.07, 6.45) is 12.4. The van der Waals surface area contributed by atoms with Gasteiger partial charge in [-0.05, 0) is 122 Å². The highest BCUT2D eigenvalue weighted by atomic mass is 16.4. The van der Waals surface area contributed by atoms with Gasteiger partial charge in [0, 0.05) is 60.0 Å². The molecule has 2 aromatic carbocycles. The first kappa shape index (κ1) is 37.0. The van der Waals surface area contributed by atoms with Gasteiger partial charge in [-0.15, -0.1) is 0 Å². The number of fused-ring (bicyclic) bond motifs is 2. The molecule has 6 heterocycles. The Balaban J connectivity index is 1.02. The molecule has 2 fully saturated rings. The minimum absolute atomic E-state index is 0.461. The van der Waals surface area contributed by atoms with Crippen LogP contribution in [0.15, 0.2) is 85.5 Å². The third-order valence-electron chi connectivity index (χ3n) is 11.3. The van der Waals surface area contributed by atoms with Gasteiger partial charge < -0.3 is 20.8 Å². The van der Waals surface area contributed by atoms with Crippen molar-refractivity contribution >= 4 is 56.8 Å². The number of carbonyl (C=O) groups is 2. The van der Waals surface area contributed by atoms with Crippen LogP contribution in [0.2, 0.25) is 0 Å². The van der Waals surface area contributed by atoms with E-state index in [4.69, 9.17) is 9.97 Å². The summed E-state index contributed by atoms with van der Waals surface area (Å²) in [5, 5.41) is 28.5. The van der Waals surface area contributed by atoms with Crippen LogP contribution in [0.4, 0.5) is 23.0 Å². The molecule has 6 aromatic rings. The lowest BCUT2D eigenvalue weighted by Gasteiger charge is -2.32. The zero-order valence-corrected chi connectivity index (χ0v) is 31.7. The fourth-order valence-electron chi connectivity index (χ4n) is 8.34. The van der Waals surface area contributed by atoms with Gasteiger partial charge in [0.1, 0.15) is 23.1 Å². The summed E-state index contributed by atoms with van der Waals surface area (Å²) >= 11 is 0. The Morgan fingerprint density at radius 1 is 0.643 bits per heavy atom. The number of piperidine rings is 2. The SMILES string of the molecule is Cc1c(Nc2nccc3cc(CN4CCCCC4C(=O)O)cnc23)cccc1-c1cccc(Nc2nccc3cc(CN4CCCCC4C(=O)O)cnc23)c1C. The maximum absolute atomic E-state index is 11.9. The quantitative estimate of drug-likeness (QED) is 0.101. The molecule has 8 rings (SSSR count). The van der Waals surface area contributed by atoms with Crippen molar-refractivity contribution in [2.75, 3.05) is 23.7 Å². The number of carboxylic acid groups (broad SMARTS) is 2. The van der Waals surface area contributed by atoms with Gasteiger partial charge >= 0.3 is 11.9 Å². The first-order valence-electron chi connectivity index (χ1n) is 19.4. The summed E-state index contributed by atoms with van der Waals surface area (Å²) in [6.45, 7) is 6.82. The molecule has 0 bridgehead atoms. The topological polar surface area (TPSA) is 157 Å². The van der Waals surface area contributed by atoms with E-state index in [1.165, 1.54) is 0 Å². The van der Waals surface area contributed by atoms with Crippen molar-refractivity contribution in [2.24, 2.45) is 0 Å². The van der Waals surface area contributed by atoms with Gasteiger partial charge in [0.15, 0.2) is 11.6 Å². The van der Waals surface area contributed by atoms with Crippen LogP contribution in [0.1, 0.15) is 60.8 Å². The van der Waals surface area contributed by atoms with E-state index >= 15 is 0 Å². The largest absolute Gasteiger partial charge is 0.480 e. The van der Waals surface area contributed by atoms with E-state index in [2.05, 4.69) is 58.7 Å². The molecule has 2 atom stereocenters. The Morgan fingerprint density at radius 2 is 1.09 bits per heavy atom. The molecule has 0 aliphatic carbocycles. The van der Waals surface area contributed by atoms with Crippen LogP contribution in [0, 0.1) is 13.8 Å². The molecule has 2 saturated heterocycles. The van der Waals surface area contributed by atoms with Gasteiger partial charge in [-0.1, -0.05) is 37.1 Å². The Bertz CT molecular complexity index is 2270. The number of hydrogen-bond donors (Lipinski definition) is 4. The molecular weight excluding hydrogens is 705 g/mol. The number of nitrogens with zero attached hydrogens (tertiary/aromatic N) is 6. The number of aliphatic carboxylic acids is 2. The molecule has 12 heteroatoms. The second-order valence-corrected chi connectivity index (χ2v) is 15.0. The first-order chi connectivity index (χ1) is 27.2. The molecule has 4 N–H and O–H groups in total. The van der Waals surface area contributed by atoms with Crippen molar-refractivity contribution in [3.63, 3.8) is 0 Å². The van der Waals surface area contributed by atoms with Gasteiger partial charge in [-0.25, -0.2) is 9.97 Å². The predicted octanol–water partition coefficient (Wildman–Crippen LogP) is 8.22. The molecule has 286 valence electrons. The van der Waals surface area contributed by atoms with Crippen molar-refractivity contribution in [1.29, 1.82) is 0 Å². The van der Waals surface area contributed by atoms with Crippen LogP contribution in [0.5, 0.6) is 0 Å². The van der Waals surface area contributed by atoms with E-state index in [0.29, 0.717) is 37.6 Å². The van der Waals surface area contributed by atoms with Crippen LogP contribution in [0.25, 0.3) is 32.9 Å². The maximum Gasteiger partial charge on any atom is 0.320 e. The van der Waals surface area contributed by atoms with E-state index in [0.717, 1.165) is 105 Å². The number of carboxylic acids is 2. The fourth-order valence-corrected chi connectivity index (χ4v) is 8.34. The molecule has 2 aliphatic rings. The number of benzene rings is 2. The second kappa shape index (κ2) is 16.0. The van der Waals surface area contributed by atoms with E-state index < -0.39 is 24.0 Å². The summed E-state index contributed by atoms with van der Waals surface area (Å²) in [7, 11) is 0. The van der Waals surface area contributed by atoms with Gasteiger partial charge in [-0.3, -0.25) is 29.4 Å². The van der Waals surface area contributed by atoms with Crippen LogP contribution in [0.3, 0.4) is 0 Å². The molecule has 0 spiro atoms. The van der Waals surface area contributed by atoms with Crippen molar-refractivity contribution in [2.45, 2.75) is 77.5 Å². The van der Waals surface area contributed by atoms with Crippen molar-refractivity contribution in [3.8, 4) is 11.1 Å². The number of nitrogens with one attached hydrogen (secondary N) is 2. The minimum Gasteiger partial charge on any atom is -0.480 e. The molecule has 4 aromatic heterocycles. The van der Waals surface area contributed by atoms with Gasteiger partial charge in [0.05, 0.1) is 0 Å². The number of pyridine rings is 4. The highest BCUT2D eigenvalue weighted by molar-refractivity contribution is 5.93. The normalized spacial score (nSPS) is 17.9. The number of hydrogen-bond acceptors (Lipinski definition) is 10. The fraction of sp³-hybridized carbons (Fsp3) is 0.318. The van der Waals surface area contributed by atoms with Gasteiger partial charge in [0.2, 0.25) is 0 Å². The summed E-state index contributed by atoms with van der Waals surface area (Å²) in [6, 6.07) is 19.5. The molecule has 2 aliphatic heterocycles. The average Bonchev–Trinajstić information content (AvgIpc) is 3.20. The Morgan fingerprint density at radius 3 is 1.52 bits per heavy atom.